The zero-order valence-corrected chi connectivity index (χ0v) is 11.2. The molecular formula is C16H10N4O. The molecular weight excluding hydrogens is 264 g/mol. The summed E-state index contributed by atoms with van der Waals surface area (Å²) >= 11 is 0. The van der Waals surface area contributed by atoms with E-state index in [0.717, 1.165) is 39.3 Å². The van der Waals surface area contributed by atoms with E-state index in [9.17, 15) is 4.79 Å². The number of fused-ring (bicyclic) bond motifs is 6. The van der Waals surface area contributed by atoms with Gasteiger partial charge in [-0.3, -0.25) is 9.36 Å². The fourth-order valence-corrected chi connectivity index (χ4v) is 3.08. The van der Waals surface area contributed by atoms with Gasteiger partial charge in [-0.15, -0.1) is 0 Å². The van der Waals surface area contributed by atoms with Crippen molar-refractivity contribution >= 4 is 28.0 Å². The Morgan fingerprint density at radius 2 is 1.86 bits per heavy atom. The first-order valence-electron chi connectivity index (χ1n) is 6.75. The summed E-state index contributed by atoms with van der Waals surface area (Å²) in [5.74, 6) is 1.55. The molecule has 0 atom stereocenters. The second kappa shape index (κ2) is 3.38. The first-order chi connectivity index (χ1) is 10.2. The van der Waals surface area contributed by atoms with Crippen LogP contribution < -0.4 is 0 Å². The van der Waals surface area contributed by atoms with Crippen molar-refractivity contribution in [2.75, 3.05) is 0 Å². The van der Waals surface area contributed by atoms with Crippen molar-refractivity contribution in [3.8, 4) is 11.4 Å². The number of aromatic nitrogens is 4. The number of nitrogens with one attached hydrogen (secondary N) is 1. The van der Waals surface area contributed by atoms with E-state index in [0.29, 0.717) is 5.56 Å². The van der Waals surface area contributed by atoms with Crippen LogP contribution in [0.5, 0.6) is 0 Å². The topological polar surface area (TPSA) is 63.6 Å². The molecule has 0 bridgehead atoms. The normalized spacial score (nSPS) is 13.1. The molecule has 0 radical (unpaired) electrons. The SMILES string of the molecule is Cc1nc2cc3c(cc2[nH]1)nc1n3C(=O)c2ccccc2-1. The number of aryl methyl sites for hydroxylation is 1. The van der Waals surface area contributed by atoms with E-state index in [1.165, 1.54) is 0 Å². The lowest BCUT2D eigenvalue weighted by molar-refractivity contribution is 0.0973. The average Bonchev–Trinajstić information content (AvgIpc) is 3.09. The van der Waals surface area contributed by atoms with Gasteiger partial charge in [0.2, 0.25) is 0 Å². The van der Waals surface area contributed by atoms with E-state index >= 15 is 0 Å². The maximum Gasteiger partial charge on any atom is 0.264 e. The molecule has 2 aromatic carbocycles. The second-order valence-corrected chi connectivity index (χ2v) is 5.30. The van der Waals surface area contributed by atoms with E-state index in [1.807, 2.05) is 43.3 Å². The lowest BCUT2D eigenvalue weighted by atomic mass is 10.1. The maximum absolute atomic E-state index is 12.6. The first-order valence-corrected chi connectivity index (χ1v) is 6.75. The number of benzene rings is 2. The third-order valence-corrected chi connectivity index (χ3v) is 3.98. The summed E-state index contributed by atoms with van der Waals surface area (Å²) in [7, 11) is 0. The van der Waals surface area contributed by atoms with Gasteiger partial charge in [0.05, 0.1) is 27.6 Å². The van der Waals surface area contributed by atoms with Crippen molar-refractivity contribution < 1.29 is 4.79 Å². The van der Waals surface area contributed by atoms with Crippen molar-refractivity contribution in [2.24, 2.45) is 0 Å². The summed E-state index contributed by atoms with van der Waals surface area (Å²) in [6.07, 6.45) is 0. The van der Waals surface area contributed by atoms with Crippen LogP contribution in [0.1, 0.15) is 16.2 Å². The molecule has 0 aliphatic carbocycles. The molecule has 5 heteroatoms. The quantitative estimate of drug-likeness (QED) is 0.472. The van der Waals surface area contributed by atoms with Crippen LogP contribution in [-0.4, -0.2) is 25.4 Å². The summed E-state index contributed by atoms with van der Waals surface area (Å²) < 4.78 is 1.68. The van der Waals surface area contributed by atoms with Gasteiger partial charge in [-0.2, -0.15) is 0 Å². The number of H-pyrrole nitrogens is 1. The zero-order chi connectivity index (χ0) is 14.1. The number of nitrogens with zero attached hydrogens (tertiary/aromatic N) is 3. The van der Waals surface area contributed by atoms with Crippen LogP contribution in [0, 0.1) is 6.92 Å². The van der Waals surface area contributed by atoms with Gasteiger partial charge in [-0.1, -0.05) is 18.2 Å². The van der Waals surface area contributed by atoms with Crippen LogP contribution in [-0.2, 0) is 0 Å². The van der Waals surface area contributed by atoms with E-state index in [4.69, 9.17) is 0 Å². The number of carbonyl (C=O) groups is 1. The van der Waals surface area contributed by atoms with E-state index < -0.39 is 0 Å². The summed E-state index contributed by atoms with van der Waals surface area (Å²) in [6.45, 7) is 1.91. The molecule has 0 unspecified atom stereocenters. The maximum atomic E-state index is 12.6. The van der Waals surface area contributed by atoms with E-state index in [2.05, 4.69) is 15.0 Å². The zero-order valence-electron chi connectivity index (χ0n) is 11.2. The van der Waals surface area contributed by atoms with Crippen LogP contribution in [0.25, 0.3) is 33.5 Å². The number of imidazole rings is 2. The fraction of sp³-hybridized carbons (Fsp3) is 0.0625. The third-order valence-electron chi connectivity index (χ3n) is 3.98. The molecule has 0 saturated heterocycles. The van der Waals surface area contributed by atoms with Gasteiger partial charge in [0.25, 0.3) is 5.91 Å². The van der Waals surface area contributed by atoms with Crippen molar-refractivity contribution in [3.05, 3.63) is 47.8 Å². The predicted octanol–water partition coefficient (Wildman–Crippen LogP) is 2.89. The van der Waals surface area contributed by atoms with Gasteiger partial charge in [0, 0.05) is 5.56 Å². The molecule has 1 N–H and O–H groups in total. The molecule has 3 heterocycles. The van der Waals surface area contributed by atoms with Crippen LogP contribution in [0.4, 0.5) is 0 Å². The van der Waals surface area contributed by atoms with Crippen LogP contribution >= 0.6 is 0 Å². The van der Waals surface area contributed by atoms with E-state index in [1.54, 1.807) is 4.57 Å². The first kappa shape index (κ1) is 10.8. The summed E-state index contributed by atoms with van der Waals surface area (Å²) in [6, 6.07) is 11.5. The lowest BCUT2D eigenvalue weighted by Gasteiger charge is -1.98. The Balaban J connectivity index is 1.93. The van der Waals surface area contributed by atoms with Crippen LogP contribution in [0.2, 0.25) is 0 Å². The van der Waals surface area contributed by atoms with Gasteiger partial charge in [-0.25, -0.2) is 9.97 Å². The standard InChI is InChI=1S/C16H10N4O/c1-8-17-11-6-13-14(7-12(11)18-8)20-15(19-13)9-4-2-3-5-10(9)16(20)21/h2-7H,1H3,(H,17,18). The average molecular weight is 274 g/mol. The highest BCUT2D eigenvalue weighted by atomic mass is 16.2. The predicted molar refractivity (Wildman–Crippen MR) is 79.3 cm³/mol. The largest absolute Gasteiger partial charge is 0.342 e. The van der Waals surface area contributed by atoms with E-state index in [-0.39, 0.29) is 5.91 Å². The third kappa shape index (κ3) is 1.23. The smallest absolute Gasteiger partial charge is 0.264 e. The van der Waals surface area contributed by atoms with Gasteiger partial charge in [0.15, 0.2) is 0 Å². The Kier molecular flexibility index (Phi) is 1.74. The van der Waals surface area contributed by atoms with Crippen LogP contribution in [0.15, 0.2) is 36.4 Å². The monoisotopic (exact) mass is 274 g/mol. The molecule has 100 valence electrons. The Hall–Kier alpha value is -2.95. The Bertz CT molecular complexity index is 1070. The molecule has 0 amide bonds. The highest BCUT2D eigenvalue weighted by Crippen LogP contribution is 2.35. The lowest BCUT2D eigenvalue weighted by Crippen LogP contribution is -2.05. The molecule has 21 heavy (non-hydrogen) atoms. The number of hydrogen-bond acceptors (Lipinski definition) is 3. The van der Waals surface area contributed by atoms with Gasteiger partial charge >= 0.3 is 0 Å². The second-order valence-electron chi connectivity index (χ2n) is 5.30. The van der Waals surface area contributed by atoms with Crippen molar-refractivity contribution in [1.29, 1.82) is 0 Å². The molecule has 4 aromatic rings. The number of rotatable bonds is 0. The number of hydrogen-bond donors (Lipinski definition) is 1. The summed E-state index contributed by atoms with van der Waals surface area (Å²) in [5.41, 5.74) is 5.02. The Morgan fingerprint density at radius 3 is 2.71 bits per heavy atom. The van der Waals surface area contributed by atoms with Crippen molar-refractivity contribution in [2.45, 2.75) is 6.92 Å². The summed E-state index contributed by atoms with van der Waals surface area (Å²) in [5, 5.41) is 0. The van der Waals surface area contributed by atoms with Gasteiger partial charge in [0.1, 0.15) is 11.6 Å². The molecule has 0 spiro atoms. The highest BCUT2D eigenvalue weighted by molar-refractivity contribution is 6.13. The molecule has 1 aliphatic heterocycles. The minimum Gasteiger partial charge on any atom is -0.342 e. The minimum absolute atomic E-state index is 0.0188. The minimum atomic E-state index is -0.0188. The molecule has 5 nitrogen and oxygen atoms in total. The molecule has 5 rings (SSSR count). The molecule has 2 aromatic heterocycles. The van der Waals surface area contributed by atoms with Gasteiger partial charge in [-0.05, 0) is 25.1 Å². The fourth-order valence-electron chi connectivity index (χ4n) is 3.08. The van der Waals surface area contributed by atoms with Crippen molar-refractivity contribution in [3.63, 3.8) is 0 Å². The molecule has 0 saturated carbocycles. The van der Waals surface area contributed by atoms with Gasteiger partial charge < -0.3 is 4.98 Å². The Labute approximate surface area is 119 Å². The Morgan fingerprint density at radius 1 is 1.05 bits per heavy atom. The van der Waals surface area contributed by atoms with Crippen LogP contribution in [0.3, 0.4) is 0 Å². The number of aromatic amines is 1. The highest BCUT2D eigenvalue weighted by Gasteiger charge is 2.29. The number of carbonyl (C=O) groups excluding carboxylic acids is 1. The molecule has 0 fully saturated rings. The molecule has 1 aliphatic rings. The summed E-state index contributed by atoms with van der Waals surface area (Å²) in [4.78, 5) is 24.9. The van der Waals surface area contributed by atoms with Crippen molar-refractivity contribution in [1.82, 2.24) is 19.5 Å².